The normalized spacial score (nSPS) is 10.5. The first kappa shape index (κ1) is 15.7. The third-order valence-corrected chi connectivity index (χ3v) is 3.25. The van der Waals surface area contributed by atoms with Crippen molar-refractivity contribution in [1.29, 1.82) is 0 Å². The molecule has 0 atom stereocenters. The SMILES string of the molecule is Cc1cc(C)n(CCCNC(=O)c2cccc([N+](=O)[O-])c2)n1. The molecule has 22 heavy (non-hydrogen) atoms. The van der Waals surface area contributed by atoms with Crippen molar-refractivity contribution in [1.82, 2.24) is 15.1 Å². The molecule has 0 aliphatic carbocycles. The number of hydrogen-bond donors (Lipinski definition) is 1. The minimum absolute atomic E-state index is 0.0877. The van der Waals surface area contributed by atoms with E-state index in [2.05, 4.69) is 10.4 Å². The number of carbonyl (C=O) groups excluding carboxylic acids is 1. The Balaban J connectivity index is 1.84. The summed E-state index contributed by atoms with van der Waals surface area (Å²) in [6, 6.07) is 7.70. The zero-order valence-electron chi connectivity index (χ0n) is 12.6. The highest BCUT2D eigenvalue weighted by molar-refractivity contribution is 5.94. The average molecular weight is 302 g/mol. The molecule has 7 heteroatoms. The summed E-state index contributed by atoms with van der Waals surface area (Å²) < 4.78 is 1.90. The Bertz CT molecular complexity index is 694. The number of nitrogens with zero attached hydrogens (tertiary/aromatic N) is 3. The summed E-state index contributed by atoms with van der Waals surface area (Å²) in [5.74, 6) is -0.308. The number of nitrogens with one attached hydrogen (secondary N) is 1. The van der Waals surface area contributed by atoms with Crippen LogP contribution >= 0.6 is 0 Å². The van der Waals surface area contributed by atoms with E-state index in [0.29, 0.717) is 12.1 Å². The largest absolute Gasteiger partial charge is 0.352 e. The highest BCUT2D eigenvalue weighted by Gasteiger charge is 2.10. The number of carbonyl (C=O) groups is 1. The van der Waals surface area contributed by atoms with Crippen LogP contribution in [0.2, 0.25) is 0 Å². The van der Waals surface area contributed by atoms with Gasteiger partial charge in [0.1, 0.15) is 0 Å². The molecule has 0 radical (unpaired) electrons. The van der Waals surface area contributed by atoms with Crippen molar-refractivity contribution in [3.63, 3.8) is 0 Å². The van der Waals surface area contributed by atoms with Gasteiger partial charge in [0, 0.05) is 36.5 Å². The maximum atomic E-state index is 11.9. The van der Waals surface area contributed by atoms with Gasteiger partial charge >= 0.3 is 0 Å². The Morgan fingerprint density at radius 2 is 2.14 bits per heavy atom. The first-order valence-electron chi connectivity index (χ1n) is 7.01. The Hall–Kier alpha value is -2.70. The lowest BCUT2D eigenvalue weighted by molar-refractivity contribution is -0.384. The number of nitro groups is 1. The highest BCUT2D eigenvalue weighted by Crippen LogP contribution is 2.12. The number of rotatable bonds is 6. The topological polar surface area (TPSA) is 90.1 Å². The first-order valence-corrected chi connectivity index (χ1v) is 7.01. The van der Waals surface area contributed by atoms with Crippen LogP contribution < -0.4 is 5.32 Å². The van der Waals surface area contributed by atoms with Crippen LogP contribution in [0, 0.1) is 24.0 Å². The summed E-state index contributed by atoms with van der Waals surface area (Å²) in [6.45, 7) is 5.13. The smallest absolute Gasteiger partial charge is 0.270 e. The lowest BCUT2D eigenvalue weighted by Crippen LogP contribution is -2.25. The van der Waals surface area contributed by atoms with Gasteiger partial charge in [-0.05, 0) is 32.4 Å². The Kier molecular flexibility index (Phi) is 4.88. The van der Waals surface area contributed by atoms with E-state index in [1.165, 1.54) is 18.2 Å². The van der Waals surface area contributed by atoms with E-state index in [4.69, 9.17) is 0 Å². The van der Waals surface area contributed by atoms with Crippen molar-refractivity contribution in [3.05, 3.63) is 57.4 Å². The third kappa shape index (κ3) is 3.91. The first-order chi connectivity index (χ1) is 10.5. The lowest BCUT2D eigenvalue weighted by Gasteiger charge is -2.06. The van der Waals surface area contributed by atoms with Crippen LogP contribution in [0.1, 0.15) is 28.2 Å². The second kappa shape index (κ2) is 6.84. The zero-order valence-corrected chi connectivity index (χ0v) is 12.6. The summed E-state index contributed by atoms with van der Waals surface area (Å²) in [5.41, 5.74) is 2.26. The van der Waals surface area contributed by atoms with Crippen molar-refractivity contribution in [2.75, 3.05) is 6.54 Å². The molecule has 7 nitrogen and oxygen atoms in total. The summed E-state index contributed by atoms with van der Waals surface area (Å²) in [7, 11) is 0. The molecule has 0 unspecified atom stereocenters. The monoisotopic (exact) mass is 302 g/mol. The fourth-order valence-corrected chi connectivity index (χ4v) is 2.19. The van der Waals surface area contributed by atoms with Crippen LogP contribution in [0.3, 0.4) is 0 Å². The van der Waals surface area contributed by atoms with Gasteiger partial charge in [0.15, 0.2) is 0 Å². The zero-order chi connectivity index (χ0) is 16.1. The predicted molar refractivity (Wildman–Crippen MR) is 81.7 cm³/mol. The van der Waals surface area contributed by atoms with Crippen molar-refractivity contribution >= 4 is 11.6 Å². The molecule has 0 spiro atoms. The molecule has 1 N–H and O–H groups in total. The molecule has 0 saturated heterocycles. The summed E-state index contributed by atoms with van der Waals surface area (Å²) >= 11 is 0. The summed E-state index contributed by atoms with van der Waals surface area (Å²) in [5, 5.41) is 17.8. The van der Waals surface area contributed by atoms with Gasteiger partial charge in [-0.1, -0.05) is 6.07 Å². The van der Waals surface area contributed by atoms with Crippen LogP contribution in [0.25, 0.3) is 0 Å². The fourth-order valence-electron chi connectivity index (χ4n) is 2.19. The maximum Gasteiger partial charge on any atom is 0.270 e. The second-order valence-corrected chi connectivity index (χ2v) is 5.07. The molecule has 1 aromatic carbocycles. The van der Waals surface area contributed by atoms with Crippen LogP contribution in [0.5, 0.6) is 0 Å². The quantitative estimate of drug-likeness (QED) is 0.503. The van der Waals surface area contributed by atoms with Gasteiger partial charge in [0.25, 0.3) is 11.6 Å². The molecule has 1 heterocycles. The van der Waals surface area contributed by atoms with Gasteiger partial charge in [-0.15, -0.1) is 0 Å². The van der Waals surface area contributed by atoms with Crippen molar-refractivity contribution in [3.8, 4) is 0 Å². The number of aryl methyl sites for hydroxylation is 3. The molecule has 0 aliphatic rings. The standard InChI is InChI=1S/C15H18N4O3/c1-11-9-12(2)18(17-11)8-4-7-16-15(20)13-5-3-6-14(10-13)19(21)22/h3,5-6,9-10H,4,7-8H2,1-2H3,(H,16,20). The number of non-ortho nitro benzene ring substituents is 1. The molecule has 1 aromatic heterocycles. The van der Waals surface area contributed by atoms with Gasteiger partial charge < -0.3 is 5.32 Å². The van der Waals surface area contributed by atoms with Gasteiger partial charge in [-0.25, -0.2) is 0 Å². The summed E-state index contributed by atoms with van der Waals surface area (Å²) in [4.78, 5) is 22.1. The fraction of sp³-hybridized carbons (Fsp3) is 0.333. The third-order valence-electron chi connectivity index (χ3n) is 3.25. The Morgan fingerprint density at radius 3 is 2.77 bits per heavy atom. The van der Waals surface area contributed by atoms with Gasteiger partial charge in [0.2, 0.25) is 0 Å². The molecule has 0 bridgehead atoms. The summed E-state index contributed by atoms with van der Waals surface area (Å²) in [6.07, 6.45) is 0.739. The maximum absolute atomic E-state index is 11.9. The molecule has 0 aliphatic heterocycles. The van der Waals surface area contributed by atoms with Gasteiger partial charge in [-0.3, -0.25) is 19.6 Å². The van der Waals surface area contributed by atoms with E-state index in [-0.39, 0.29) is 11.6 Å². The van der Waals surface area contributed by atoms with E-state index in [1.54, 1.807) is 6.07 Å². The minimum Gasteiger partial charge on any atom is -0.352 e. The van der Waals surface area contributed by atoms with Gasteiger partial charge in [0.05, 0.1) is 10.6 Å². The molecular weight excluding hydrogens is 284 g/mol. The number of aromatic nitrogens is 2. The molecular formula is C15H18N4O3. The lowest BCUT2D eigenvalue weighted by atomic mass is 10.2. The minimum atomic E-state index is -0.514. The molecule has 0 fully saturated rings. The molecule has 1 amide bonds. The number of nitro benzene ring substituents is 1. The second-order valence-electron chi connectivity index (χ2n) is 5.07. The highest BCUT2D eigenvalue weighted by atomic mass is 16.6. The number of hydrogen-bond acceptors (Lipinski definition) is 4. The number of benzene rings is 1. The van der Waals surface area contributed by atoms with Crippen LogP contribution in [0.4, 0.5) is 5.69 Å². The predicted octanol–water partition coefficient (Wildman–Crippen LogP) is 2.23. The molecule has 2 rings (SSSR count). The van der Waals surface area contributed by atoms with Crippen molar-refractivity contribution in [2.24, 2.45) is 0 Å². The average Bonchev–Trinajstić information content (AvgIpc) is 2.81. The van der Waals surface area contributed by atoms with Crippen LogP contribution in [0.15, 0.2) is 30.3 Å². The Morgan fingerprint density at radius 1 is 1.36 bits per heavy atom. The number of amides is 1. The van der Waals surface area contributed by atoms with E-state index >= 15 is 0 Å². The molecule has 2 aromatic rings. The van der Waals surface area contributed by atoms with E-state index < -0.39 is 4.92 Å². The van der Waals surface area contributed by atoms with Crippen molar-refractivity contribution in [2.45, 2.75) is 26.8 Å². The molecule has 0 saturated carbocycles. The van der Waals surface area contributed by atoms with E-state index in [1.807, 2.05) is 24.6 Å². The Labute approximate surface area is 128 Å². The van der Waals surface area contributed by atoms with Gasteiger partial charge in [-0.2, -0.15) is 5.10 Å². The van der Waals surface area contributed by atoms with Crippen LogP contribution in [-0.4, -0.2) is 27.2 Å². The van der Waals surface area contributed by atoms with Crippen LogP contribution in [-0.2, 0) is 6.54 Å². The van der Waals surface area contributed by atoms with E-state index in [0.717, 1.165) is 24.4 Å². The van der Waals surface area contributed by atoms with E-state index in [9.17, 15) is 14.9 Å². The van der Waals surface area contributed by atoms with Crippen molar-refractivity contribution < 1.29 is 9.72 Å². The molecule has 116 valence electrons.